The van der Waals surface area contributed by atoms with Crippen LogP contribution in [0.1, 0.15) is 65.1 Å². The minimum absolute atomic E-state index is 0.353. The molecule has 2 N–H and O–H groups in total. The van der Waals surface area contributed by atoms with Gasteiger partial charge in [0.2, 0.25) is 11.8 Å². The van der Waals surface area contributed by atoms with E-state index >= 15 is 0 Å². The minimum atomic E-state index is -0.450. The van der Waals surface area contributed by atoms with E-state index in [1.807, 2.05) is 0 Å². The van der Waals surface area contributed by atoms with E-state index in [1.54, 1.807) is 0 Å². The summed E-state index contributed by atoms with van der Waals surface area (Å²) in [7, 11) is 0. The number of carbonyl (C=O) groups is 2. The molecule has 2 aliphatic carbocycles. The number of anilines is 2. The Morgan fingerprint density at radius 1 is 0.871 bits per heavy atom. The smallest absolute Gasteiger partial charge is 0.234 e. The van der Waals surface area contributed by atoms with E-state index in [9.17, 15) is 20.1 Å². The third kappa shape index (κ3) is 4.37. The van der Waals surface area contributed by atoms with Crippen LogP contribution in [0.15, 0.2) is 0 Å². The highest BCUT2D eigenvalue weighted by Gasteiger charge is 2.27. The number of hydrogen-bond donors (Lipinski definition) is 2. The summed E-state index contributed by atoms with van der Waals surface area (Å²) in [6.45, 7) is 4.38. The van der Waals surface area contributed by atoms with Crippen LogP contribution in [-0.2, 0) is 35.3 Å². The third-order valence-corrected chi connectivity index (χ3v) is 8.41. The van der Waals surface area contributed by atoms with Crippen molar-refractivity contribution in [1.82, 2.24) is 0 Å². The molecule has 160 valence electrons. The summed E-state index contributed by atoms with van der Waals surface area (Å²) in [5, 5.41) is 25.8. The van der Waals surface area contributed by atoms with E-state index in [-0.39, 0.29) is 6.42 Å². The Kier molecular flexibility index (Phi) is 6.13. The van der Waals surface area contributed by atoms with Crippen molar-refractivity contribution >= 4 is 44.5 Å². The van der Waals surface area contributed by atoms with Crippen molar-refractivity contribution in [3.8, 4) is 12.1 Å². The summed E-state index contributed by atoms with van der Waals surface area (Å²) in [5.41, 5.74) is 3.16. The van der Waals surface area contributed by atoms with Crippen LogP contribution in [0, 0.1) is 34.5 Å². The second kappa shape index (κ2) is 8.82. The highest BCUT2D eigenvalue weighted by molar-refractivity contribution is 7.17. The molecule has 0 aliphatic heterocycles. The average Bonchev–Trinajstić information content (AvgIpc) is 3.22. The maximum atomic E-state index is 12.5. The van der Waals surface area contributed by atoms with Crippen molar-refractivity contribution in [2.75, 3.05) is 10.6 Å². The number of hydrogen-bond acceptors (Lipinski definition) is 6. The molecular weight excluding hydrogens is 428 g/mol. The van der Waals surface area contributed by atoms with Crippen LogP contribution < -0.4 is 10.6 Å². The zero-order chi connectivity index (χ0) is 22.1. The molecule has 2 aromatic rings. The second-order valence-electron chi connectivity index (χ2n) is 8.61. The summed E-state index contributed by atoms with van der Waals surface area (Å²) < 4.78 is 0. The van der Waals surface area contributed by atoms with E-state index in [1.165, 1.54) is 22.7 Å². The molecule has 0 saturated heterocycles. The van der Waals surface area contributed by atoms with Crippen molar-refractivity contribution < 1.29 is 9.59 Å². The van der Waals surface area contributed by atoms with Crippen LogP contribution in [0.4, 0.5) is 10.0 Å². The first kappa shape index (κ1) is 21.5. The molecule has 2 aliphatic rings. The van der Waals surface area contributed by atoms with Gasteiger partial charge in [-0.3, -0.25) is 9.59 Å². The first-order valence-electron chi connectivity index (χ1n) is 10.6. The zero-order valence-corrected chi connectivity index (χ0v) is 19.3. The highest BCUT2D eigenvalue weighted by Crippen LogP contribution is 2.40. The van der Waals surface area contributed by atoms with Crippen molar-refractivity contribution in [2.24, 2.45) is 11.8 Å². The molecule has 0 spiro atoms. The van der Waals surface area contributed by atoms with E-state index in [0.717, 1.165) is 59.4 Å². The van der Waals surface area contributed by atoms with E-state index in [4.69, 9.17) is 0 Å². The summed E-state index contributed by atoms with van der Waals surface area (Å²) in [4.78, 5) is 27.3. The molecule has 0 unspecified atom stereocenters. The zero-order valence-electron chi connectivity index (χ0n) is 17.6. The summed E-state index contributed by atoms with van der Waals surface area (Å²) >= 11 is 2.89. The fraction of sp³-hybridized carbons (Fsp3) is 0.478. The van der Waals surface area contributed by atoms with Gasteiger partial charge >= 0.3 is 0 Å². The number of thiophene rings is 2. The molecule has 6 nitrogen and oxygen atoms in total. The molecule has 2 aromatic heterocycles. The van der Waals surface area contributed by atoms with Crippen molar-refractivity contribution in [1.29, 1.82) is 10.5 Å². The Bertz CT molecular complexity index is 1040. The van der Waals surface area contributed by atoms with Gasteiger partial charge in [-0.15, -0.1) is 22.7 Å². The number of rotatable bonds is 4. The van der Waals surface area contributed by atoms with Gasteiger partial charge in [0.05, 0.1) is 11.1 Å². The maximum Gasteiger partial charge on any atom is 0.234 e. The monoisotopic (exact) mass is 452 g/mol. The number of nitrogens with zero attached hydrogens (tertiary/aromatic N) is 2. The molecule has 0 bridgehead atoms. The lowest BCUT2D eigenvalue weighted by Gasteiger charge is -2.17. The van der Waals surface area contributed by atoms with Crippen LogP contribution >= 0.6 is 22.7 Å². The molecule has 8 heteroatoms. The number of amides is 2. The first-order valence-corrected chi connectivity index (χ1v) is 12.2. The molecule has 2 atom stereocenters. The summed E-state index contributed by atoms with van der Waals surface area (Å²) in [6, 6.07) is 4.45. The maximum absolute atomic E-state index is 12.5. The predicted molar refractivity (Wildman–Crippen MR) is 122 cm³/mol. The molecule has 0 saturated carbocycles. The lowest BCUT2D eigenvalue weighted by Crippen LogP contribution is -2.21. The second-order valence-corrected chi connectivity index (χ2v) is 10.8. The average molecular weight is 453 g/mol. The van der Waals surface area contributed by atoms with Gasteiger partial charge in [0.15, 0.2) is 0 Å². The normalized spacial score (nSPS) is 19.5. The molecule has 4 rings (SSSR count). The van der Waals surface area contributed by atoms with Crippen LogP contribution in [-0.4, -0.2) is 11.8 Å². The molecular formula is C23H24N4O2S2. The number of carbonyl (C=O) groups excluding carboxylic acids is 2. The Balaban J connectivity index is 1.43. The highest BCUT2D eigenvalue weighted by atomic mass is 32.1. The van der Waals surface area contributed by atoms with Crippen molar-refractivity contribution in [3.63, 3.8) is 0 Å². The van der Waals surface area contributed by atoms with Gasteiger partial charge in [-0.2, -0.15) is 10.5 Å². The van der Waals surface area contributed by atoms with Crippen LogP contribution in [0.25, 0.3) is 0 Å². The van der Waals surface area contributed by atoms with Gasteiger partial charge in [0, 0.05) is 9.75 Å². The van der Waals surface area contributed by atoms with Gasteiger partial charge in [-0.05, 0) is 61.5 Å². The predicted octanol–water partition coefficient (Wildman–Crippen LogP) is 4.77. The van der Waals surface area contributed by atoms with Crippen LogP contribution in [0.3, 0.4) is 0 Å². The lowest BCUT2D eigenvalue weighted by atomic mass is 9.88. The Labute approximate surface area is 189 Å². The molecule has 0 fully saturated rings. The van der Waals surface area contributed by atoms with Gasteiger partial charge in [-0.25, -0.2) is 0 Å². The lowest BCUT2D eigenvalue weighted by molar-refractivity contribution is -0.123. The SMILES string of the molecule is C[C@@H]1CCc2c(sc(NC(=O)CC(=O)Nc3sc4c(c3C#N)CC[C@@H](C)C4)c2C#N)C1. The fourth-order valence-electron chi connectivity index (χ4n) is 4.40. The first-order chi connectivity index (χ1) is 14.9. The van der Waals surface area contributed by atoms with Gasteiger partial charge < -0.3 is 10.6 Å². The van der Waals surface area contributed by atoms with Crippen LogP contribution in [0.2, 0.25) is 0 Å². The summed E-state index contributed by atoms with van der Waals surface area (Å²) in [5.74, 6) is 0.241. The molecule has 0 aromatic carbocycles. The van der Waals surface area contributed by atoms with Crippen molar-refractivity contribution in [2.45, 2.75) is 58.8 Å². The molecule has 2 heterocycles. The topological polar surface area (TPSA) is 106 Å². The fourth-order valence-corrected chi connectivity index (χ4v) is 7.16. The minimum Gasteiger partial charge on any atom is -0.316 e. The number of nitrogens with one attached hydrogen (secondary N) is 2. The van der Waals surface area contributed by atoms with E-state index < -0.39 is 11.8 Å². The van der Waals surface area contributed by atoms with E-state index in [2.05, 4.69) is 36.6 Å². The van der Waals surface area contributed by atoms with Crippen LogP contribution in [0.5, 0.6) is 0 Å². The van der Waals surface area contributed by atoms with Gasteiger partial charge in [0.25, 0.3) is 0 Å². The molecule has 31 heavy (non-hydrogen) atoms. The number of fused-ring (bicyclic) bond motifs is 2. The molecule has 2 amide bonds. The van der Waals surface area contributed by atoms with Gasteiger partial charge in [-0.1, -0.05) is 13.8 Å². The number of nitriles is 2. The standard InChI is InChI=1S/C23H24N4O2S2/c1-12-3-5-14-16(10-24)22(30-18(14)7-12)26-20(28)9-21(29)27-23-17(11-25)15-6-4-13(2)8-19(15)31-23/h12-13H,3-9H2,1-2H3,(H,26,28)(H,27,29)/t12-,13-/m1/s1. The Morgan fingerprint density at radius 3 is 1.68 bits per heavy atom. The third-order valence-electron chi connectivity index (χ3n) is 6.07. The quantitative estimate of drug-likeness (QED) is 0.652. The summed E-state index contributed by atoms with van der Waals surface area (Å²) in [6.07, 6.45) is 5.27. The van der Waals surface area contributed by atoms with Crippen molar-refractivity contribution in [3.05, 3.63) is 32.0 Å². The van der Waals surface area contributed by atoms with E-state index in [0.29, 0.717) is 33.0 Å². The van der Waals surface area contributed by atoms with Gasteiger partial charge in [0.1, 0.15) is 28.6 Å². The Morgan fingerprint density at radius 2 is 1.29 bits per heavy atom. The molecule has 0 radical (unpaired) electrons. The largest absolute Gasteiger partial charge is 0.316 e. The Hall–Kier alpha value is -2.68.